The van der Waals surface area contributed by atoms with Crippen LogP contribution in [0.1, 0.15) is 58.8 Å². The number of Topliss-reactive ketones (excluding diaryl/α,β-unsaturated/α-hetero) is 1. The SMILES string of the molecule is Cc1ccc(C(C)(C)C)cc1/C(O)=C1\C(=O)C(=O)N(Cc2cccs2)C1c1sccc1C. The molecule has 6 heteroatoms. The molecule has 1 atom stereocenters. The van der Waals surface area contributed by atoms with Gasteiger partial charge in [0.15, 0.2) is 0 Å². The van der Waals surface area contributed by atoms with Gasteiger partial charge < -0.3 is 10.0 Å². The molecule has 3 aromatic rings. The topological polar surface area (TPSA) is 57.6 Å². The number of likely N-dealkylation sites (tertiary alicyclic amines) is 1. The van der Waals surface area contributed by atoms with Crippen molar-refractivity contribution in [2.24, 2.45) is 0 Å². The Morgan fingerprint density at radius 2 is 1.78 bits per heavy atom. The predicted octanol–water partition coefficient (Wildman–Crippen LogP) is 6.35. The minimum absolute atomic E-state index is 0.0987. The number of nitrogens with zero attached hydrogens (tertiary/aromatic N) is 1. The molecule has 1 N–H and O–H groups in total. The Hall–Kier alpha value is -2.70. The van der Waals surface area contributed by atoms with Gasteiger partial charge in [-0.15, -0.1) is 22.7 Å². The van der Waals surface area contributed by atoms with Crippen LogP contribution < -0.4 is 0 Å². The molecule has 1 aliphatic heterocycles. The Morgan fingerprint density at radius 1 is 1.03 bits per heavy atom. The summed E-state index contributed by atoms with van der Waals surface area (Å²) >= 11 is 3.06. The maximum absolute atomic E-state index is 13.3. The molecule has 4 nitrogen and oxygen atoms in total. The van der Waals surface area contributed by atoms with Crippen LogP contribution in [0.25, 0.3) is 5.76 Å². The van der Waals surface area contributed by atoms with Gasteiger partial charge >= 0.3 is 0 Å². The molecular formula is C26H27NO3S2. The van der Waals surface area contributed by atoms with Crippen molar-refractivity contribution in [3.63, 3.8) is 0 Å². The van der Waals surface area contributed by atoms with Crippen molar-refractivity contribution >= 4 is 40.1 Å². The van der Waals surface area contributed by atoms with E-state index >= 15 is 0 Å². The Balaban J connectivity index is 1.91. The van der Waals surface area contributed by atoms with Crippen LogP contribution in [0.4, 0.5) is 0 Å². The molecule has 0 saturated carbocycles. The molecule has 1 amide bonds. The van der Waals surface area contributed by atoms with Gasteiger partial charge in [-0.1, -0.05) is 39.0 Å². The van der Waals surface area contributed by atoms with Crippen LogP contribution in [0.3, 0.4) is 0 Å². The van der Waals surface area contributed by atoms with Crippen molar-refractivity contribution in [1.29, 1.82) is 0 Å². The van der Waals surface area contributed by atoms with Crippen molar-refractivity contribution in [2.75, 3.05) is 0 Å². The zero-order chi connectivity index (χ0) is 23.2. The Kier molecular flexibility index (Phi) is 5.86. The van der Waals surface area contributed by atoms with E-state index in [0.29, 0.717) is 12.1 Å². The number of ketones is 1. The molecule has 0 aliphatic carbocycles. The summed E-state index contributed by atoms with van der Waals surface area (Å²) < 4.78 is 0. The number of amides is 1. The third kappa shape index (κ3) is 3.93. The molecule has 1 unspecified atom stereocenters. The van der Waals surface area contributed by atoms with Crippen LogP contribution in [-0.4, -0.2) is 21.7 Å². The lowest BCUT2D eigenvalue weighted by atomic mass is 9.84. The fourth-order valence-electron chi connectivity index (χ4n) is 4.04. The number of carbonyl (C=O) groups is 2. The highest BCUT2D eigenvalue weighted by molar-refractivity contribution is 7.10. The van der Waals surface area contributed by atoms with Crippen LogP contribution in [0, 0.1) is 13.8 Å². The van der Waals surface area contributed by atoms with E-state index in [-0.39, 0.29) is 16.7 Å². The molecular weight excluding hydrogens is 438 g/mol. The summed E-state index contributed by atoms with van der Waals surface area (Å²) in [5.41, 5.74) is 3.58. The van der Waals surface area contributed by atoms with Crippen LogP contribution in [0.2, 0.25) is 0 Å². The predicted molar refractivity (Wildman–Crippen MR) is 131 cm³/mol. The zero-order valence-corrected chi connectivity index (χ0v) is 20.6. The Labute approximate surface area is 196 Å². The van der Waals surface area contributed by atoms with Crippen LogP contribution in [0.5, 0.6) is 0 Å². The third-order valence-corrected chi connectivity index (χ3v) is 7.89. The third-order valence-electron chi connectivity index (χ3n) is 5.96. The number of hydrogen-bond donors (Lipinski definition) is 1. The molecule has 3 heterocycles. The molecule has 1 fully saturated rings. The van der Waals surface area contributed by atoms with E-state index in [2.05, 4.69) is 20.8 Å². The lowest BCUT2D eigenvalue weighted by Gasteiger charge is -2.25. The van der Waals surface area contributed by atoms with Gasteiger partial charge in [-0.3, -0.25) is 9.59 Å². The van der Waals surface area contributed by atoms with Crippen LogP contribution in [-0.2, 0) is 21.5 Å². The molecule has 0 bridgehead atoms. The second-order valence-electron chi connectivity index (χ2n) is 9.25. The Bertz CT molecular complexity index is 1210. The van der Waals surface area contributed by atoms with Gasteiger partial charge in [0.1, 0.15) is 11.8 Å². The number of aryl methyl sites for hydroxylation is 2. The van der Waals surface area contributed by atoms with Crippen molar-refractivity contribution in [1.82, 2.24) is 4.90 Å². The maximum atomic E-state index is 13.3. The smallest absolute Gasteiger partial charge is 0.296 e. The van der Waals surface area contributed by atoms with E-state index in [4.69, 9.17) is 0 Å². The van der Waals surface area contributed by atoms with E-state index in [0.717, 1.165) is 26.4 Å². The summed E-state index contributed by atoms with van der Waals surface area (Å²) in [6, 6.07) is 11.2. The molecule has 0 radical (unpaired) electrons. The summed E-state index contributed by atoms with van der Waals surface area (Å²) in [5.74, 6) is -1.29. The average molecular weight is 466 g/mol. The first-order chi connectivity index (χ1) is 15.1. The highest BCUT2D eigenvalue weighted by Crippen LogP contribution is 2.44. The summed E-state index contributed by atoms with van der Waals surface area (Å²) in [6.07, 6.45) is 0. The quantitative estimate of drug-likeness (QED) is 0.278. The summed E-state index contributed by atoms with van der Waals surface area (Å²) in [6.45, 7) is 10.5. The van der Waals surface area contributed by atoms with Gasteiger partial charge in [-0.2, -0.15) is 0 Å². The number of thiophene rings is 2. The van der Waals surface area contributed by atoms with E-state index in [1.165, 1.54) is 11.3 Å². The minimum Gasteiger partial charge on any atom is -0.507 e. The lowest BCUT2D eigenvalue weighted by Crippen LogP contribution is -2.28. The first-order valence-electron chi connectivity index (χ1n) is 10.6. The highest BCUT2D eigenvalue weighted by Gasteiger charge is 2.47. The number of carbonyl (C=O) groups excluding carboxylic acids is 2. The fraction of sp³-hybridized carbons (Fsp3) is 0.308. The lowest BCUT2D eigenvalue weighted by molar-refractivity contribution is -0.140. The van der Waals surface area contributed by atoms with Gasteiger partial charge in [-0.05, 0) is 64.9 Å². The highest BCUT2D eigenvalue weighted by atomic mass is 32.1. The number of hydrogen-bond acceptors (Lipinski definition) is 5. The zero-order valence-electron chi connectivity index (χ0n) is 18.9. The number of rotatable bonds is 4. The number of aliphatic hydroxyl groups is 1. The first kappa shape index (κ1) is 22.5. The second-order valence-corrected chi connectivity index (χ2v) is 11.2. The molecule has 32 heavy (non-hydrogen) atoms. The first-order valence-corrected chi connectivity index (χ1v) is 12.3. The van der Waals surface area contributed by atoms with Gasteiger partial charge in [0.25, 0.3) is 11.7 Å². The molecule has 0 spiro atoms. The average Bonchev–Trinajstić information content (AvgIpc) is 3.44. The van der Waals surface area contributed by atoms with E-state index in [1.54, 1.807) is 16.2 Å². The monoisotopic (exact) mass is 465 g/mol. The van der Waals surface area contributed by atoms with Crippen molar-refractivity contribution in [3.05, 3.63) is 84.7 Å². The van der Waals surface area contributed by atoms with Gasteiger partial charge in [-0.25, -0.2) is 0 Å². The maximum Gasteiger partial charge on any atom is 0.296 e. The van der Waals surface area contributed by atoms with Crippen LogP contribution in [0.15, 0.2) is 52.7 Å². The second kappa shape index (κ2) is 8.34. The van der Waals surface area contributed by atoms with Gasteiger partial charge in [0, 0.05) is 15.3 Å². The van der Waals surface area contributed by atoms with Crippen molar-refractivity contribution in [3.8, 4) is 0 Å². The minimum atomic E-state index is -0.627. The molecule has 166 valence electrons. The number of aliphatic hydroxyl groups excluding tert-OH is 1. The van der Waals surface area contributed by atoms with Gasteiger partial charge in [0.05, 0.1) is 12.1 Å². The van der Waals surface area contributed by atoms with E-state index < -0.39 is 17.7 Å². The summed E-state index contributed by atoms with van der Waals surface area (Å²) in [5, 5.41) is 15.4. The van der Waals surface area contributed by atoms with Gasteiger partial charge in [0.2, 0.25) is 0 Å². The normalized spacial score (nSPS) is 18.5. The molecule has 4 rings (SSSR count). The van der Waals surface area contributed by atoms with Crippen molar-refractivity contribution in [2.45, 2.75) is 52.6 Å². The molecule has 2 aromatic heterocycles. The Morgan fingerprint density at radius 3 is 2.38 bits per heavy atom. The molecule has 1 aromatic carbocycles. The molecule has 1 saturated heterocycles. The summed E-state index contributed by atoms with van der Waals surface area (Å²) in [7, 11) is 0. The van der Waals surface area contributed by atoms with E-state index in [1.807, 2.05) is 61.0 Å². The standard InChI is InChI=1S/C26H27NO3S2/c1-15-8-9-17(26(3,4)5)13-19(15)22(28)20-21(24-16(2)10-12-32-24)27(25(30)23(20)29)14-18-7-6-11-31-18/h6-13,21,28H,14H2,1-5H3/b22-20+. The largest absolute Gasteiger partial charge is 0.507 e. The van der Waals surface area contributed by atoms with Crippen molar-refractivity contribution < 1.29 is 14.7 Å². The summed E-state index contributed by atoms with van der Waals surface area (Å²) in [4.78, 5) is 29.9. The fourth-order valence-corrected chi connectivity index (χ4v) is 5.79. The molecule has 1 aliphatic rings. The number of benzene rings is 1. The van der Waals surface area contributed by atoms with E-state index in [9.17, 15) is 14.7 Å². The van der Waals surface area contributed by atoms with Crippen LogP contribution >= 0.6 is 22.7 Å².